The molecule has 0 aliphatic carbocycles. The van der Waals surface area contributed by atoms with Crippen molar-refractivity contribution in [3.05, 3.63) is 0 Å². The minimum Gasteiger partial charge on any atom is -0.307 e. The van der Waals surface area contributed by atoms with Crippen molar-refractivity contribution >= 4 is 7.52 Å². The van der Waals surface area contributed by atoms with Gasteiger partial charge in [-0.2, -0.15) is 5.26 Å². The molecule has 0 aromatic carbocycles. The van der Waals surface area contributed by atoms with Crippen LogP contribution >= 0.6 is 7.52 Å². The summed E-state index contributed by atoms with van der Waals surface area (Å²) in [5, 5.41) is 8.63. The lowest BCUT2D eigenvalue weighted by Crippen LogP contribution is -2.15. The van der Waals surface area contributed by atoms with Crippen LogP contribution in [0.1, 0.15) is 20.3 Å². The molecule has 0 spiro atoms. The van der Waals surface area contributed by atoms with Crippen molar-refractivity contribution in [3.8, 4) is 5.81 Å². The maximum Gasteiger partial charge on any atom is 0.370 e. The Morgan fingerprint density at radius 2 is 2.17 bits per heavy atom. The van der Waals surface area contributed by atoms with Crippen molar-refractivity contribution in [2.45, 2.75) is 20.3 Å². The minimum atomic E-state index is -3.17. The second kappa shape index (κ2) is 5.31. The van der Waals surface area contributed by atoms with Crippen LogP contribution in [0.3, 0.4) is 0 Å². The summed E-state index contributed by atoms with van der Waals surface area (Å²) in [5.74, 6) is 1.72. The molecule has 70 valence electrons. The molecule has 0 saturated carbocycles. The van der Waals surface area contributed by atoms with Crippen molar-refractivity contribution < 1.29 is 9.09 Å². The molecule has 0 amide bonds. The molecule has 0 fully saturated rings. The number of hydrogen-bond donors (Lipinski definition) is 0. The van der Waals surface area contributed by atoms with E-state index in [0.717, 1.165) is 6.42 Å². The van der Waals surface area contributed by atoms with Crippen LogP contribution in [-0.4, -0.2) is 24.9 Å². The number of nitriles is 1. The predicted octanol–water partition coefficient (Wildman–Crippen LogP) is 2.04. The van der Waals surface area contributed by atoms with Gasteiger partial charge >= 0.3 is 7.52 Å². The molecule has 0 saturated heterocycles. The Hall–Kier alpha value is -0.360. The molecule has 0 radical (unpaired) electrons. The van der Waals surface area contributed by atoms with Gasteiger partial charge in [0.15, 0.2) is 5.81 Å². The van der Waals surface area contributed by atoms with E-state index in [1.54, 1.807) is 12.9 Å². The van der Waals surface area contributed by atoms with Gasteiger partial charge in [0.05, 0.1) is 6.61 Å². The smallest absolute Gasteiger partial charge is 0.307 e. The monoisotopic (exact) mass is 190 g/mol. The molecule has 0 bridgehead atoms. The largest absolute Gasteiger partial charge is 0.370 e. The zero-order chi connectivity index (χ0) is 9.61. The number of nitrogens with zero attached hydrogens (tertiary/aromatic N) is 2. The Morgan fingerprint density at radius 1 is 1.58 bits per heavy atom. The van der Waals surface area contributed by atoms with Crippen LogP contribution < -0.4 is 0 Å². The highest BCUT2D eigenvalue weighted by atomic mass is 31.2. The molecule has 0 heterocycles. The van der Waals surface area contributed by atoms with E-state index >= 15 is 0 Å². The first kappa shape index (κ1) is 11.6. The Kier molecular flexibility index (Phi) is 5.16. The van der Waals surface area contributed by atoms with Crippen LogP contribution in [0.4, 0.5) is 0 Å². The van der Waals surface area contributed by atoms with E-state index in [2.05, 4.69) is 0 Å². The molecule has 1 atom stereocenters. The summed E-state index contributed by atoms with van der Waals surface area (Å²) in [7, 11) is -1.54. The van der Waals surface area contributed by atoms with E-state index in [1.165, 1.54) is 4.67 Å². The van der Waals surface area contributed by atoms with Gasteiger partial charge < -0.3 is 4.52 Å². The highest BCUT2D eigenvalue weighted by molar-refractivity contribution is 7.61. The molecule has 12 heavy (non-hydrogen) atoms. The highest BCUT2D eigenvalue weighted by Gasteiger charge is 2.26. The van der Waals surface area contributed by atoms with Gasteiger partial charge in [-0.3, -0.25) is 4.57 Å². The molecule has 0 aromatic heterocycles. The van der Waals surface area contributed by atoms with E-state index < -0.39 is 7.52 Å². The lowest BCUT2D eigenvalue weighted by atomic mass is 10.5. The van der Waals surface area contributed by atoms with Gasteiger partial charge in [-0.15, -0.1) is 0 Å². The Bertz CT molecular complexity index is 212. The molecule has 0 aliphatic rings. The van der Waals surface area contributed by atoms with Crippen LogP contribution in [-0.2, 0) is 9.09 Å². The van der Waals surface area contributed by atoms with Crippen molar-refractivity contribution in [2.75, 3.05) is 20.2 Å². The van der Waals surface area contributed by atoms with Gasteiger partial charge in [0, 0.05) is 6.54 Å². The zero-order valence-electron chi connectivity index (χ0n) is 7.78. The maximum atomic E-state index is 11.6. The van der Waals surface area contributed by atoms with E-state index in [0.29, 0.717) is 13.2 Å². The van der Waals surface area contributed by atoms with E-state index in [-0.39, 0.29) is 0 Å². The van der Waals surface area contributed by atoms with Crippen LogP contribution in [0.5, 0.6) is 0 Å². The average Bonchev–Trinajstić information content (AvgIpc) is 2.12. The molecule has 5 heteroatoms. The number of hydrogen-bond acceptors (Lipinski definition) is 3. The lowest BCUT2D eigenvalue weighted by molar-refractivity contribution is 0.283. The predicted molar refractivity (Wildman–Crippen MR) is 47.8 cm³/mol. The fourth-order valence-corrected chi connectivity index (χ4v) is 1.81. The fraction of sp³-hybridized carbons (Fsp3) is 0.857. The van der Waals surface area contributed by atoms with Gasteiger partial charge in [0.1, 0.15) is 0 Å². The first-order valence-electron chi connectivity index (χ1n) is 3.98. The Balaban J connectivity index is 4.27. The van der Waals surface area contributed by atoms with Gasteiger partial charge in [0.2, 0.25) is 0 Å². The van der Waals surface area contributed by atoms with Crippen molar-refractivity contribution in [1.29, 1.82) is 5.26 Å². The van der Waals surface area contributed by atoms with Gasteiger partial charge in [-0.1, -0.05) is 13.8 Å². The number of rotatable bonds is 5. The SMILES string of the molecule is CCCOP(=O)(C#N)N(C)CC. The third-order valence-corrected chi connectivity index (χ3v) is 3.47. The molecule has 4 nitrogen and oxygen atoms in total. The summed E-state index contributed by atoms with van der Waals surface area (Å²) in [5.41, 5.74) is 0. The lowest BCUT2D eigenvalue weighted by Gasteiger charge is -2.19. The third-order valence-electron chi connectivity index (χ3n) is 1.50. The van der Waals surface area contributed by atoms with Crippen molar-refractivity contribution in [1.82, 2.24) is 4.67 Å². The average molecular weight is 190 g/mol. The van der Waals surface area contributed by atoms with Crippen LogP contribution in [0.15, 0.2) is 0 Å². The zero-order valence-corrected chi connectivity index (χ0v) is 8.67. The summed E-state index contributed by atoms with van der Waals surface area (Å²) < 4.78 is 18.1. The topological polar surface area (TPSA) is 53.3 Å². The molecular weight excluding hydrogens is 175 g/mol. The van der Waals surface area contributed by atoms with Crippen molar-refractivity contribution in [3.63, 3.8) is 0 Å². The van der Waals surface area contributed by atoms with Gasteiger partial charge in [-0.25, -0.2) is 4.67 Å². The highest BCUT2D eigenvalue weighted by Crippen LogP contribution is 2.48. The summed E-state index contributed by atoms with van der Waals surface area (Å²) in [6.45, 7) is 4.66. The van der Waals surface area contributed by atoms with Gasteiger partial charge in [0.25, 0.3) is 0 Å². The molecular formula is C7H15N2O2P. The molecule has 0 aromatic rings. The van der Waals surface area contributed by atoms with Crippen molar-refractivity contribution in [2.24, 2.45) is 0 Å². The van der Waals surface area contributed by atoms with E-state index in [1.807, 2.05) is 13.8 Å². The molecule has 0 N–H and O–H groups in total. The Labute approximate surface area is 73.6 Å². The van der Waals surface area contributed by atoms with Crippen LogP contribution in [0, 0.1) is 11.1 Å². The third kappa shape index (κ3) is 2.94. The fourth-order valence-electron chi connectivity index (χ4n) is 0.605. The van der Waals surface area contributed by atoms with E-state index in [9.17, 15) is 4.57 Å². The molecule has 0 rings (SSSR count). The Morgan fingerprint density at radius 3 is 2.50 bits per heavy atom. The summed E-state index contributed by atoms with van der Waals surface area (Å²) in [6, 6.07) is 0. The molecule has 1 unspecified atom stereocenters. The summed E-state index contributed by atoms with van der Waals surface area (Å²) in [4.78, 5) is 0. The maximum absolute atomic E-state index is 11.6. The minimum absolute atomic E-state index is 0.370. The quantitative estimate of drug-likeness (QED) is 0.622. The van der Waals surface area contributed by atoms with E-state index in [4.69, 9.17) is 9.79 Å². The summed E-state index contributed by atoms with van der Waals surface area (Å²) >= 11 is 0. The standard InChI is InChI=1S/C7H15N2O2P/c1-4-6-11-12(10,7-8)9(3)5-2/h4-6H2,1-3H3. The second-order valence-electron chi connectivity index (χ2n) is 2.43. The van der Waals surface area contributed by atoms with Crippen LogP contribution in [0.25, 0.3) is 0 Å². The van der Waals surface area contributed by atoms with Crippen LogP contribution in [0.2, 0.25) is 0 Å². The second-order valence-corrected chi connectivity index (χ2v) is 4.61. The molecule has 0 aliphatic heterocycles. The summed E-state index contributed by atoms with van der Waals surface area (Å²) in [6.07, 6.45) is 0.767. The van der Waals surface area contributed by atoms with Gasteiger partial charge in [-0.05, 0) is 13.5 Å². The first-order chi connectivity index (χ1) is 5.60. The normalized spacial score (nSPS) is 15.6. The first-order valence-corrected chi connectivity index (χ1v) is 5.56.